The molecule has 1 saturated heterocycles. The third kappa shape index (κ3) is 3.97. The van der Waals surface area contributed by atoms with Gasteiger partial charge >= 0.3 is 0 Å². The number of aryl methyl sites for hydroxylation is 1. The van der Waals surface area contributed by atoms with Gasteiger partial charge in [0.15, 0.2) is 0 Å². The molecule has 0 spiro atoms. The summed E-state index contributed by atoms with van der Waals surface area (Å²) in [6.07, 6.45) is 5.91. The maximum absolute atomic E-state index is 5.66. The Hall–Kier alpha value is -2.43. The zero-order chi connectivity index (χ0) is 18.5. The Morgan fingerprint density at radius 1 is 1.04 bits per heavy atom. The minimum absolute atomic E-state index is 0.165. The van der Waals surface area contributed by atoms with E-state index >= 15 is 0 Å². The van der Waals surface area contributed by atoms with Crippen LogP contribution in [0.15, 0.2) is 67.0 Å². The van der Waals surface area contributed by atoms with Crippen LogP contribution >= 0.6 is 0 Å². The third-order valence-electron chi connectivity index (χ3n) is 5.66. The normalized spacial score (nSPS) is 16.3. The molecule has 0 atom stereocenters. The molecule has 0 saturated carbocycles. The maximum Gasteiger partial charge on any atom is 0.0645 e. The van der Waals surface area contributed by atoms with Gasteiger partial charge < -0.3 is 10.1 Å². The van der Waals surface area contributed by atoms with Gasteiger partial charge in [0.05, 0.1) is 5.69 Å². The van der Waals surface area contributed by atoms with Crippen LogP contribution in [0, 0.1) is 6.92 Å². The zero-order valence-corrected chi connectivity index (χ0v) is 15.9. The van der Waals surface area contributed by atoms with Gasteiger partial charge in [-0.15, -0.1) is 0 Å². The molecule has 0 bridgehead atoms. The van der Waals surface area contributed by atoms with E-state index in [1.165, 1.54) is 16.7 Å². The Kier molecular flexibility index (Phi) is 5.37. The minimum atomic E-state index is 0.165. The molecular weight excluding hydrogens is 334 g/mol. The summed E-state index contributed by atoms with van der Waals surface area (Å²) in [6, 6.07) is 19.3. The van der Waals surface area contributed by atoms with Crippen LogP contribution in [0.1, 0.15) is 29.5 Å². The number of aromatic nitrogens is 2. The Balaban J connectivity index is 1.43. The van der Waals surface area contributed by atoms with Crippen molar-refractivity contribution in [1.29, 1.82) is 0 Å². The average molecular weight is 361 g/mol. The van der Waals surface area contributed by atoms with Crippen molar-refractivity contribution in [2.24, 2.45) is 0 Å². The van der Waals surface area contributed by atoms with Gasteiger partial charge in [0.2, 0.25) is 0 Å². The molecule has 0 radical (unpaired) electrons. The van der Waals surface area contributed by atoms with Gasteiger partial charge in [0.25, 0.3) is 0 Å². The minimum Gasteiger partial charge on any atom is -0.381 e. The van der Waals surface area contributed by atoms with Crippen LogP contribution < -0.4 is 5.32 Å². The first kappa shape index (κ1) is 18.0. The van der Waals surface area contributed by atoms with E-state index in [-0.39, 0.29) is 5.41 Å². The molecule has 2 aromatic carbocycles. The van der Waals surface area contributed by atoms with Crippen molar-refractivity contribution in [2.75, 3.05) is 19.8 Å². The highest BCUT2D eigenvalue weighted by Gasteiger charge is 2.35. The molecule has 1 aromatic heterocycles. The van der Waals surface area contributed by atoms with E-state index in [0.29, 0.717) is 0 Å². The van der Waals surface area contributed by atoms with Gasteiger partial charge in [-0.3, -0.25) is 0 Å². The fraction of sp³-hybridized carbons (Fsp3) is 0.348. The molecule has 1 fully saturated rings. The van der Waals surface area contributed by atoms with Crippen molar-refractivity contribution in [3.63, 3.8) is 0 Å². The molecule has 4 heteroatoms. The van der Waals surface area contributed by atoms with Crippen molar-refractivity contribution in [3.8, 4) is 5.69 Å². The van der Waals surface area contributed by atoms with E-state index in [2.05, 4.69) is 65.9 Å². The van der Waals surface area contributed by atoms with Crippen LogP contribution in [0.25, 0.3) is 5.69 Å². The lowest BCUT2D eigenvalue weighted by Gasteiger charge is -2.39. The molecule has 27 heavy (non-hydrogen) atoms. The van der Waals surface area contributed by atoms with Gasteiger partial charge in [-0.05, 0) is 54.7 Å². The Bertz CT molecular complexity index is 850. The predicted octanol–water partition coefficient (Wildman–Crippen LogP) is 4.02. The van der Waals surface area contributed by atoms with Crippen molar-refractivity contribution in [3.05, 3.63) is 83.7 Å². The van der Waals surface area contributed by atoms with Gasteiger partial charge in [0.1, 0.15) is 0 Å². The molecule has 140 valence electrons. The van der Waals surface area contributed by atoms with Crippen molar-refractivity contribution >= 4 is 0 Å². The van der Waals surface area contributed by atoms with E-state index in [4.69, 9.17) is 4.74 Å². The molecule has 1 aliphatic heterocycles. The standard InChI is InChI=1S/C23H27N3O/c1-19-5-2-3-6-22(19)23(11-15-27-16-12-23)18-24-17-20-7-9-21(10-8-20)26-14-4-13-25-26/h2-10,13-14,24H,11-12,15-18H2,1H3. The summed E-state index contributed by atoms with van der Waals surface area (Å²) >= 11 is 0. The monoisotopic (exact) mass is 361 g/mol. The maximum atomic E-state index is 5.66. The van der Waals surface area contributed by atoms with Gasteiger partial charge in [-0.25, -0.2) is 4.68 Å². The Labute approximate surface area is 161 Å². The quantitative estimate of drug-likeness (QED) is 0.721. The summed E-state index contributed by atoms with van der Waals surface area (Å²) in [5, 5.41) is 7.99. The number of nitrogens with one attached hydrogen (secondary N) is 1. The fourth-order valence-electron chi connectivity index (χ4n) is 4.11. The SMILES string of the molecule is Cc1ccccc1C1(CNCc2ccc(-n3cccn3)cc2)CCOCC1. The highest BCUT2D eigenvalue weighted by molar-refractivity contribution is 5.35. The van der Waals surface area contributed by atoms with Crippen LogP contribution in [0.3, 0.4) is 0 Å². The summed E-state index contributed by atoms with van der Waals surface area (Å²) in [5.74, 6) is 0. The van der Waals surface area contributed by atoms with Gasteiger partial charge in [0, 0.05) is 44.1 Å². The number of nitrogens with zero attached hydrogens (tertiary/aromatic N) is 2. The zero-order valence-electron chi connectivity index (χ0n) is 15.9. The third-order valence-corrected chi connectivity index (χ3v) is 5.66. The van der Waals surface area contributed by atoms with Crippen molar-refractivity contribution in [1.82, 2.24) is 15.1 Å². The summed E-state index contributed by atoms with van der Waals surface area (Å²) in [6.45, 7) is 5.75. The first-order chi connectivity index (χ1) is 13.3. The van der Waals surface area contributed by atoms with E-state index in [0.717, 1.165) is 44.8 Å². The lowest BCUT2D eigenvalue weighted by molar-refractivity contribution is 0.0496. The number of ether oxygens (including phenoxy) is 1. The number of hydrogen-bond acceptors (Lipinski definition) is 3. The summed E-state index contributed by atoms with van der Waals surface area (Å²) < 4.78 is 7.54. The van der Waals surface area contributed by atoms with Crippen LogP contribution in [-0.4, -0.2) is 29.5 Å². The number of rotatable bonds is 6. The van der Waals surface area contributed by atoms with Crippen molar-refractivity contribution in [2.45, 2.75) is 31.7 Å². The highest BCUT2D eigenvalue weighted by Crippen LogP contribution is 2.36. The van der Waals surface area contributed by atoms with E-state index in [9.17, 15) is 0 Å². The molecule has 0 aliphatic carbocycles. The van der Waals surface area contributed by atoms with Crippen LogP contribution in [0.2, 0.25) is 0 Å². The first-order valence-electron chi connectivity index (χ1n) is 9.70. The molecule has 1 aliphatic rings. The van der Waals surface area contributed by atoms with Crippen LogP contribution in [-0.2, 0) is 16.7 Å². The summed E-state index contributed by atoms with van der Waals surface area (Å²) in [7, 11) is 0. The summed E-state index contributed by atoms with van der Waals surface area (Å²) in [4.78, 5) is 0. The molecule has 0 unspecified atom stereocenters. The van der Waals surface area contributed by atoms with Gasteiger partial charge in [-0.1, -0.05) is 36.4 Å². The highest BCUT2D eigenvalue weighted by atomic mass is 16.5. The largest absolute Gasteiger partial charge is 0.381 e. The predicted molar refractivity (Wildman–Crippen MR) is 108 cm³/mol. The fourth-order valence-corrected chi connectivity index (χ4v) is 4.11. The molecule has 4 nitrogen and oxygen atoms in total. The van der Waals surface area contributed by atoms with Gasteiger partial charge in [-0.2, -0.15) is 5.10 Å². The number of benzene rings is 2. The molecule has 3 aromatic rings. The smallest absolute Gasteiger partial charge is 0.0645 e. The lowest BCUT2D eigenvalue weighted by atomic mass is 9.72. The molecule has 4 rings (SSSR count). The second-order valence-corrected chi connectivity index (χ2v) is 7.43. The molecular formula is C23H27N3O. The second kappa shape index (κ2) is 8.07. The second-order valence-electron chi connectivity index (χ2n) is 7.43. The first-order valence-corrected chi connectivity index (χ1v) is 9.70. The van der Waals surface area contributed by atoms with E-state index in [1.807, 2.05) is 16.9 Å². The molecule has 1 N–H and O–H groups in total. The van der Waals surface area contributed by atoms with Crippen LogP contribution in [0.4, 0.5) is 0 Å². The van der Waals surface area contributed by atoms with E-state index in [1.54, 1.807) is 6.20 Å². The Morgan fingerprint density at radius 3 is 2.52 bits per heavy atom. The number of hydrogen-bond donors (Lipinski definition) is 1. The lowest BCUT2D eigenvalue weighted by Crippen LogP contribution is -2.43. The van der Waals surface area contributed by atoms with Crippen LogP contribution in [0.5, 0.6) is 0 Å². The summed E-state index contributed by atoms with van der Waals surface area (Å²) in [5.41, 5.74) is 5.39. The van der Waals surface area contributed by atoms with E-state index < -0.39 is 0 Å². The topological polar surface area (TPSA) is 39.1 Å². The molecule has 2 heterocycles. The van der Waals surface area contributed by atoms with Crippen molar-refractivity contribution < 1.29 is 4.74 Å². The average Bonchev–Trinajstić information content (AvgIpc) is 3.24. The molecule has 0 amide bonds. The Morgan fingerprint density at radius 2 is 1.81 bits per heavy atom.